The first-order chi connectivity index (χ1) is 17.2. The lowest BCUT2D eigenvalue weighted by Gasteiger charge is -2.23. The zero-order chi connectivity index (χ0) is 27.5. The summed E-state index contributed by atoms with van der Waals surface area (Å²) in [6.45, 7) is 13.0. The van der Waals surface area contributed by atoms with Crippen LogP contribution in [0.25, 0.3) is 11.0 Å². The Morgan fingerprint density at radius 3 is 2.24 bits per heavy atom. The Balaban J connectivity index is 2.12. The largest absolute Gasteiger partial charge is 0.496 e. The van der Waals surface area contributed by atoms with Crippen molar-refractivity contribution in [3.05, 3.63) is 63.4 Å². The smallest absolute Gasteiger partial charge is 0.326 e. The minimum Gasteiger partial charge on any atom is -0.496 e. The van der Waals surface area contributed by atoms with Gasteiger partial charge in [-0.2, -0.15) is 0 Å². The quantitative estimate of drug-likeness (QED) is 0.460. The Bertz CT molecular complexity index is 1360. The molecule has 0 spiro atoms. The Morgan fingerprint density at radius 2 is 1.68 bits per heavy atom. The molecule has 2 N–H and O–H groups in total. The van der Waals surface area contributed by atoms with Crippen molar-refractivity contribution in [2.75, 3.05) is 12.4 Å². The average molecular weight is 509 g/mol. The highest BCUT2D eigenvalue weighted by Crippen LogP contribution is 2.29. The van der Waals surface area contributed by atoms with Gasteiger partial charge in [0.1, 0.15) is 34.9 Å². The van der Waals surface area contributed by atoms with Crippen LogP contribution in [-0.4, -0.2) is 39.7 Å². The minimum absolute atomic E-state index is 0.125. The number of nitrogens with zero attached hydrogens (tertiary/aromatic N) is 2. The number of hydrogen-bond donors (Lipinski definition) is 2. The molecule has 9 heteroatoms. The first-order valence-electron chi connectivity index (χ1n) is 12.1. The molecule has 0 radical (unpaired) electrons. The highest BCUT2D eigenvalue weighted by Gasteiger charge is 2.24. The number of carbonyl (C=O) groups excluding carboxylic acids is 2. The third-order valence-corrected chi connectivity index (χ3v) is 5.27. The molecule has 198 valence electrons. The number of fused-ring (bicyclic) bond motifs is 1. The second kappa shape index (κ2) is 10.6. The Labute approximate surface area is 217 Å². The molecule has 2 heterocycles. The maximum Gasteiger partial charge on any atom is 0.326 e. The molecule has 3 rings (SSSR count). The SMILES string of the molecule is COc1cc(NC(C)(C)C)nc2c1cc(C(=O)NCc1ccc(C)cc1)c(=O)n2CC(=O)OC(C)(C)C. The molecule has 9 nitrogen and oxygen atoms in total. The summed E-state index contributed by atoms with van der Waals surface area (Å²) >= 11 is 0. The van der Waals surface area contributed by atoms with Crippen molar-refractivity contribution < 1.29 is 19.1 Å². The van der Waals surface area contributed by atoms with Crippen molar-refractivity contribution in [1.29, 1.82) is 0 Å². The van der Waals surface area contributed by atoms with Gasteiger partial charge in [-0.05, 0) is 60.1 Å². The highest BCUT2D eigenvalue weighted by atomic mass is 16.6. The molecule has 0 saturated heterocycles. The van der Waals surface area contributed by atoms with Crippen LogP contribution in [0.2, 0.25) is 0 Å². The van der Waals surface area contributed by atoms with E-state index in [-0.39, 0.29) is 23.3 Å². The number of aryl methyl sites for hydroxylation is 1. The number of rotatable bonds is 7. The van der Waals surface area contributed by atoms with Gasteiger partial charge in [0.15, 0.2) is 0 Å². The predicted octanol–water partition coefficient (Wildman–Crippen LogP) is 4.20. The zero-order valence-electron chi connectivity index (χ0n) is 22.8. The number of esters is 1. The number of ether oxygens (including phenoxy) is 2. The van der Waals surface area contributed by atoms with Crippen molar-refractivity contribution in [2.45, 2.75) is 72.7 Å². The molecule has 0 unspecified atom stereocenters. The van der Waals surface area contributed by atoms with Crippen molar-refractivity contribution in [2.24, 2.45) is 0 Å². The lowest BCUT2D eigenvalue weighted by atomic mass is 10.1. The van der Waals surface area contributed by atoms with E-state index in [9.17, 15) is 14.4 Å². The van der Waals surface area contributed by atoms with Gasteiger partial charge >= 0.3 is 5.97 Å². The van der Waals surface area contributed by atoms with Crippen molar-refractivity contribution in [3.63, 3.8) is 0 Å². The molecule has 37 heavy (non-hydrogen) atoms. The van der Waals surface area contributed by atoms with Gasteiger partial charge in [-0.15, -0.1) is 0 Å². The molecule has 3 aromatic rings. The van der Waals surface area contributed by atoms with E-state index in [0.29, 0.717) is 17.0 Å². The first-order valence-corrected chi connectivity index (χ1v) is 12.1. The van der Waals surface area contributed by atoms with Crippen LogP contribution in [0.4, 0.5) is 5.82 Å². The van der Waals surface area contributed by atoms with Crippen LogP contribution in [0.5, 0.6) is 5.75 Å². The molecular formula is C28H36N4O5. The first kappa shape index (κ1) is 27.7. The fourth-order valence-corrected chi connectivity index (χ4v) is 3.72. The number of anilines is 1. The molecule has 0 aliphatic heterocycles. The maximum absolute atomic E-state index is 13.6. The van der Waals surface area contributed by atoms with E-state index in [4.69, 9.17) is 9.47 Å². The monoisotopic (exact) mass is 508 g/mol. The third kappa shape index (κ3) is 7.31. The number of hydrogen-bond acceptors (Lipinski definition) is 7. The summed E-state index contributed by atoms with van der Waals surface area (Å²) in [5.41, 5.74) is 0.362. The van der Waals surface area contributed by atoms with Gasteiger partial charge in [0.05, 0.1) is 12.5 Å². The fourth-order valence-electron chi connectivity index (χ4n) is 3.72. The lowest BCUT2D eigenvalue weighted by Crippen LogP contribution is -2.36. The van der Waals surface area contributed by atoms with Gasteiger partial charge in [-0.1, -0.05) is 29.8 Å². The predicted molar refractivity (Wildman–Crippen MR) is 144 cm³/mol. The molecule has 0 aliphatic rings. The minimum atomic E-state index is -0.746. The van der Waals surface area contributed by atoms with E-state index in [2.05, 4.69) is 15.6 Å². The van der Waals surface area contributed by atoms with Gasteiger partial charge in [0, 0.05) is 18.2 Å². The summed E-state index contributed by atoms with van der Waals surface area (Å²) in [6, 6.07) is 10.9. The summed E-state index contributed by atoms with van der Waals surface area (Å²) in [6.07, 6.45) is 0. The summed E-state index contributed by atoms with van der Waals surface area (Å²) < 4.78 is 12.2. The van der Waals surface area contributed by atoms with Crippen molar-refractivity contribution in [3.8, 4) is 5.75 Å². The second-order valence-corrected chi connectivity index (χ2v) is 11.0. The number of carbonyl (C=O) groups is 2. The Hall–Kier alpha value is -3.88. The summed E-state index contributed by atoms with van der Waals surface area (Å²) in [5.74, 6) is -0.319. The second-order valence-electron chi connectivity index (χ2n) is 11.0. The van der Waals surface area contributed by atoms with Crippen LogP contribution < -0.4 is 20.9 Å². The van der Waals surface area contributed by atoms with E-state index in [0.717, 1.165) is 11.1 Å². The van der Waals surface area contributed by atoms with E-state index < -0.39 is 29.6 Å². The van der Waals surface area contributed by atoms with Crippen molar-refractivity contribution >= 4 is 28.7 Å². The Morgan fingerprint density at radius 1 is 1.03 bits per heavy atom. The molecule has 0 saturated carbocycles. The topological polar surface area (TPSA) is 112 Å². The summed E-state index contributed by atoms with van der Waals surface area (Å²) in [4.78, 5) is 44.1. The van der Waals surface area contributed by atoms with E-state index in [1.165, 1.54) is 17.7 Å². The number of aromatic nitrogens is 2. The number of pyridine rings is 2. The maximum atomic E-state index is 13.6. The van der Waals surface area contributed by atoms with Crippen LogP contribution >= 0.6 is 0 Å². The van der Waals surface area contributed by atoms with Gasteiger partial charge in [-0.25, -0.2) is 4.98 Å². The van der Waals surface area contributed by atoms with E-state index in [1.807, 2.05) is 52.0 Å². The van der Waals surface area contributed by atoms with Gasteiger partial charge in [-0.3, -0.25) is 19.0 Å². The van der Waals surface area contributed by atoms with Crippen LogP contribution in [0.15, 0.2) is 41.2 Å². The Kier molecular flexibility index (Phi) is 7.95. The lowest BCUT2D eigenvalue weighted by molar-refractivity contribution is -0.155. The number of benzene rings is 1. The van der Waals surface area contributed by atoms with Gasteiger partial charge in [0.2, 0.25) is 0 Å². The van der Waals surface area contributed by atoms with E-state index >= 15 is 0 Å². The van der Waals surface area contributed by atoms with Crippen LogP contribution in [0, 0.1) is 6.92 Å². The molecule has 1 amide bonds. The number of amides is 1. The van der Waals surface area contributed by atoms with Gasteiger partial charge in [0.25, 0.3) is 11.5 Å². The number of methoxy groups -OCH3 is 1. The number of nitrogens with one attached hydrogen (secondary N) is 2. The fraction of sp³-hybridized carbons (Fsp3) is 0.429. The van der Waals surface area contributed by atoms with Crippen LogP contribution in [-0.2, 0) is 22.6 Å². The standard InChI is InChI=1S/C28H36N4O5/c1-17-9-11-18(12-10-17)15-29-25(34)20-13-19-21(36-8)14-22(31-27(2,3)4)30-24(19)32(26(20)35)16-23(33)37-28(5,6)7/h9-14H,15-16H2,1-8H3,(H,29,34)(H,30,31). The normalized spacial score (nSPS) is 11.8. The molecular weight excluding hydrogens is 472 g/mol. The zero-order valence-corrected chi connectivity index (χ0v) is 22.8. The highest BCUT2D eigenvalue weighted by molar-refractivity contribution is 5.98. The average Bonchev–Trinajstić information content (AvgIpc) is 2.77. The van der Waals surface area contributed by atoms with E-state index in [1.54, 1.807) is 26.8 Å². The summed E-state index contributed by atoms with van der Waals surface area (Å²) in [7, 11) is 1.50. The molecule has 0 fully saturated rings. The van der Waals surface area contributed by atoms with Crippen molar-refractivity contribution in [1.82, 2.24) is 14.9 Å². The summed E-state index contributed by atoms with van der Waals surface area (Å²) in [5, 5.41) is 6.48. The van der Waals surface area contributed by atoms with Gasteiger partial charge < -0.3 is 20.1 Å². The molecule has 0 aliphatic carbocycles. The molecule has 1 aromatic carbocycles. The molecule has 0 bridgehead atoms. The van der Waals surface area contributed by atoms with Crippen LogP contribution in [0.1, 0.15) is 63.0 Å². The van der Waals surface area contributed by atoms with Crippen LogP contribution in [0.3, 0.4) is 0 Å². The third-order valence-electron chi connectivity index (χ3n) is 5.27. The molecule has 0 atom stereocenters. The molecule has 2 aromatic heterocycles.